The number of hydrogen-bond donors (Lipinski definition) is 1. The molecule has 0 spiro atoms. The highest BCUT2D eigenvalue weighted by atomic mass is 19.1. The van der Waals surface area contributed by atoms with Gasteiger partial charge in [-0.25, -0.2) is 9.37 Å². The minimum absolute atomic E-state index is 0.306. The number of pyridine rings is 1. The van der Waals surface area contributed by atoms with Crippen molar-refractivity contribution in [2.24, 2.45) is 0 Å². The maximum atomic E-state index is 12.0. The summed E-state index contributed by atoms with van der Waals surface area (Å²) in [4.78, 5) is 2.50. The fourth-order valence-corrected chi connectivity index (χ4v) is 0.418. The summed E-state index contributed by atoms with van der Waals surface area (Å²) < 4.78 is 12.0. The van der Waals surface area contributed by atoms with Gasteiger partial charge in [0.25, 0.3) is 5.82 Å². The molecule has 8 heavy (non-hydrogen) atoms. The van der Waals surface area contributed by atoms with E-state index in [4.69, 9.17) is 5.73 Å². The second kappa shape index (κ2) is 1.78. The minimum atomic E-state index is -0.306. The van der Waals surface area contributed by atoms with E-state index in [1.54, 1.807) is 0 Å². The van der Waals surface area contributed by atoms with Crippen molar-refractivity contribution in [3.63, 3.8) is 0 Å². The predicted octanol–water partition coefficient (Wildman–Crippen LogP) is 0.222. The van der Waals surface area contributed by atoms with Crippen molar-refractivity contribution < 1.29 is 9.37 Å². The van der Waals surface area contributed by atoms with Crippen LogP contribution in [0.1, 0.15) is 0 Å². The molecule has 1 heterocycles. The molecular weight excluding hydrogens is 107 g/mol. The van der Waals surface area contributed by atoms with Gasteiger partial charge in [0.2, 0.25) is 0 Å². The molecule has 1 rings (SSSR count). The molecule has 3 N–H and O–H groups in total. The molecule has 0 radical (unpaired) electrons. The van der Waals surface area contributed by atoms with Gasteiger partial charge in [-0.3, -0.25) is 5.73 Å². The maximum Gasteiger partial charge on any atom is 0.270 e. The van der Waals surface area contributed by atoms with E-state index < -0.39 is 0 Å². The van der Waals surface area contributed by atoms with Crippen LogP contribution < -0.4 is 10.7 Å². The van der Waals surface area contributed by atoms with Crippen molar-refractivity contribution in [2.75, 3.05) is 5.73 Å². The molecule has 0 saturated carbocycles. The van der Waals surface area contributed by atoms with Crippen LogP contribution in [-0.4, -0.2) is 0 Å². The van der Waals surface area contributed by atoms with E-state index in [-0.39, 0.29) is 5.82 Å². The van der Waals surface area contributed by atoms with Gasteiger partial charge in [0, 0.05) is 6.07 Å². The minimum Gasteiger partial charge on any atom is -0.287 e. The number of nitrogens with two attached hydrogens (primary N) is 1. The lowest BCUT2D eigenvalue weighted by Crippen LogP contribution is -2.08. The summed E-state index contributed by atoms with van der Waals surface area (Å²) in [7, 11) is 0. The highest BCUT2D eigenvalue weighted by Gasteiger charge is 1.90. The largest absolute Gasteiger partial charge is 0.287 e. The highest BCUT2D eigenvalue weighted by molar-refractivity contribution is 5.18. The number of aromatic nitrogens is 1. The second-order valence-corrected chi connectivity index (χ2v) is 1.46. The molecule has 0 aliphatic heterocycles. The Hall–Kier alpha value is -1.12. The Bertz CT molecular complexity index is 149. The van der Waals surface area contributed by atoms with E-state index in [1.165, 1.54) is 18.3 Å². The van der Waals surface area contributed by atoms with Gasteiger partial charge in [-0.05, 0) is 6.07 Å². The van der Waals surface area contributed by atoms with Crippen molar-refractivity contribution in [3.05, 3.63) is 24.1 Å². The van der Waals surface area contributed by atoms with Gasteiger partial charge in [0.05, 0.1) is 0 Å². The summed E-state index contributed by atoms with van der Waals surface area (Å²) in [5.41, 5.74) is 5.20. The molecule has 0 aromatic carbocycles. The zero-order chi connectivity index (χ0) is 5.98. The number of aromatic amines is 1. The van der Waals surface area contributed by atoms with Crippen LogP contribution in [-0.2, 0) is 0 Å². The molecule has 0 unspecified atom stereocenters. The van der Waals surface area contributed by atoms with Crippen molar-refractivity contribution in [3.8, 4) is 0 Å². The van der Waals surface area contributed by atoms with Crippen molar-refractivity contribution in [2.45, 2.75) is 0 Å². The van der Waals surface area contributed by atoms with Crippen LogP contribution >= 0.6 is 0 Å². The summed E-state index contributed by atoms with van der Waals surface area (Å²) >= 11 is 0. The Morgan fingerprint density at radius 3 is 2.62 bits per heavy atom. The first-order valence-corrected chi connectivity index (χ1v) is 2.22. The third kappa shape index (κ3) is 0.932. The van der Waals surface area contributed by atoms with Crippen molar-refractivity contribution >= 4 is 5.82 Å². The van der Waals surface area contributed by atoms with Crippen LogP contribution in [0.4, 0.5) is 10.2 Å². The summed E-state index contributed by atoms with van der Waals surface area (Å²) in [6.45, 7) is 0. The number of rotatable bonds is 0. The van der Waals surface area contributed by atoms with E-state index in [1.807, 2.05) is 0 Å². The SMILES string of the molecule is Nc1ccc(F)c[nH+]1. The fourth-order valence-electron chi connectivity index (χ4n) is 0.418. The van der Waals surface area contributed by atoms with Crippen molar-refractivity contribution in [1.29, 1.82) is 0 Å². The second-order valence-electron chi connectivity index (χ2n) is 1.46. The summed E-state index contributed by atoms with van der Waals surface area (Å²) in [6.07, 6.45) is 1.20. The Balaban J connectivity index is 3.03. The molecule has 0 bridgehead atoms. The lowest BCUT2D eigenvalue weighted by molar-refractivity contribution is -0.363. The zero-order valence-corrected chi connectivity index (χ0v) is 4.19. The molecule has 0 amide bonds. The molecule has 0 aliphatic carbocycles. The third-order valence-electron chi connectivity index (χ3n) is 0.799. The normalized spacial score (nSPS) is 9.12. The fraction of sp³-hybridized carbons (Fsp3) is 0. The van der Waals surface area contributed by atoms with Gasteiger partial charge in [-0.15, -0.1) is 0 Å². The number of nitrogens with one attached hydrogen (secondary N) is 1. The van der Waals surface area contributed by atoms with Crippen molar-refractivity contribution in [1.82, 2.24) is 0 Å². The van der Waals surface area contributed by atoms with Crippen LogP contribution in [0.25, 0.3) is 0 Å². The van der Waals surface area contributed by atoms with Crippen LogP contribution in [0.3, 0.4) is 0 Å². The monoisotopic (exact) mass is 113 g/mol. The highest BCUT2D eigenvalue weighted by Crippen LogP contribution is 1.91. The van der Waals surface area contributed by atoms with Gasteiger partial charge >= 0.3 is 0 Å². The van der Waals surface area contributed by atoms with Gasteiger partial charge in [0.1, 0.15) is 6.20 Å². The van der Waals surface area contributed by atoms with Crippen LogP contribution in [0, 0.1) is 5.82 Å². The molecular formula is C5H6FN2+. The molecule has 0 aliphatic rings. The number of hydrogen-bond acceptors (Lipinski definition) is 1. The molecule has 1 aromatic rings. The van der Waals surface area contributed by atoms with E-state index >= 15 is 0 Å². The quantitative estimate of drug-likeness (QED) is 0.513. The number of H-pyrrole nitrogens is 1. The van der Waals surface area contributed by atoms with Gasteiger partial charge in [0.15, 0.2) is 5.82 Å². The first kappa shape index (κ1) is 5.03. The van der Waals surface area contributed by atoms with Crippen LogP contribution in [0.5, 0.6) is 0 Å². The lowest BCUT2D eigenvalue weighted by Gasteiger charge is -1.81. The Morgan fingerprint density at radius 1 is 1.50 bits per heavy atom. The van der Waals surface area contributed by atoms with Crippen LogP contribution in [0.15, 0.2) is 18.3 Å². The summed E-state index contributed by atoms with van der Waals surface area (Å²) in [5, 5.41) is 0. The smallest absolute Gasteiger partial charge is 0.270 e. The third-order valence-corrected chi connectivity index (χ3v) is 0.799. The average Bonchev–Trinajstić information content (AvgIpc) is 1.77. The average molecular weight is 113 g/mol. The predicted molar refractivity (Wildman–Crippen MR) is 27.4 cm³/mol. The zero-order valence-electron chi connectivity index (χ0n) is 4.19. The van der Waals surface area contributed by atoms with E-state index in [9.17, 15) is 4.39 Å². The van der Waals surface area contributed by atoms with E-state index in [0.717, 1.165) is 0 Å². The molecule has 1 aromatic heterocycles. The van der Waals surface area contributed by atoms with Crippen LogP contribution in [0.2, 0.25) is 0 Å². The molecule has 0 atom stereocenters. The molecule has 42 valence electrons. The van der Waals surface area contributed by atoms with E-state index in [0.29, 0.717) is 5.82 Å². The Labute approximate surface area is 46.2 Å². The maximum absolute atomic E-state index is 12.0. The van der Waals surface area contributed by atoms with Gasteiger partial charge < -0.3 is 0 Å². The number of nitrogen functional groups attached to an aromatic ring is 1. The number of halogens is 1. The molecule has 0 saturated heterocycles. The van der Waals surface area contributed by atoms with Gasteiger partial charge in [-0.2, -0.15) is 0 Å². The lowest BCUT2D eigenvalue weighted by atomic mass is 10.5. The number of anilines is 1. The standard InChI is InChI=1S/C5H5FN2/c6-4-1-2-5(7)8-3-4/h1-3H,(H2,7,8)/p+1. The first-order valence-electron chi connectivity index (χ1n) is 2.22. The molecule has 3 heteroatoms. The van der Waals surface area contributed by atoms with Gasteiger partial charge in [-0.1, -0.05) is 0 Å². The molecule has 2 nitrogen and oxygen atoms in total. The molecule has 0 fully saturated rings. The first-order chi connectivity index (χ1) is 3.79. The topological polar surface area (TPSA) is 40.2 Å². The summed E-state index contributed by atoms with van der Waals surface area (Å²) in [5.74, 6) is 0.158. The Kier molecular flexibility index (Phi) is 1.12. The van der Waals surface area contributed by atoms with E-state index in [2.05, 4.69) is 4.98 Å². The summed E-state index contributed by atoms with van der Waals surface area (Å²) in [6, 6.07) is 2.77. The Morgan fingerprint density at radius 2 is 2.25 bits per heavy atom.